The Hall–Kier alpha value is -2.37. The number of nitrogen functional groups attached to an aromatic ring is 1. The van der Waals surface area contributed by atoms with Crippen LogP contribution in [0.15, 0.2) is 31.0 Å². The summed E-state index contributed by atoms with van der Waals surface area (Å²) in [6.07, 6.45) is 6.61. The summed E-state index contributed by atoms with van der Waals surface area (Å²) in [6.45, 7) is 4.99. The number of amides is 1. The highest BCUT2D eigenvalue weighted by atomic mass is 16.1. The second-order valence-electron chi connectivity index (χ2n) is 5.07. The number of hydrogen-bond acceptors (Lipinski definition) is 4. The molecule has 0 fully saturated rings. The number of nitrogens with two attached hydrogens (primary N) is 1. The van der Waals surface area contributed by atoms with Crippen LogP contribution in [0.1, 0.15) is 13.8 Å². The van der Waals surface area contributed by atoms with E-state index >= 15 is 0 Å². The molecule has 0 unspecified atom stereocenters. The molecule has 0 aliphatic rings. The van der Waals surface area contributed by atoms with Gasteiger partial charge in [0.1, 0.15) is 6.54 Å². The van der Waals surface area contributed by atoms with E-state index in [1.54, 1.807) is 35.6 Å². The van der Waals surface area contributed by atoms with Gasteiger partial charge in [0.25, 0.3) is 0 Å². The van der Waals surface area contributed by atoms with Gasteiger partial charge in [-0.05, 0) is 12.0 Å². The predicted octanol–water partition coefficient (Wildman–Crippen LogP) is 1.30. The van der Waals surface area contributed by atoms with Crippen molar-refractivity contribution in [2.75, 3.05) is 12.3 Å². The zero-order valence-corrected chi connectivity index (χ0v) is 11.7. The summed E-state index contributed by atoms with van der Waals surface area (Å²) >= 11 is 0. The molecule has 0 aliphatic carbocycles. The molecule has 0 radical (unpaired) electrons. The van der Waals surface area contributed by atoms with E-state index in [1.165, 1.54) is 0 Å². The standard InChI is InChI=1S/C14H19N5O/c1-10(2)5-18-14(20)8-19-9-17-7-13(19)11-6-16-4-3-12(11)15/h3-4,6-7,9-10H,5,8H2,1-2H3,(H2,15,16)(H,18,20). The molecule has 0 spiro atoms. The van der Waals surface area contributed by atoms with Gasteiger partial charge in [-0.25, -0.2) is 4.98 Å². The Morgan fingerprint density at radius 2 is 2.20 bits per heavy atom. The average Bonchev–Trinajstić information content (AvgIpc) is 2.85. The zero-order chi connectivity index (χ0) is 14.5. The first-order chi connectivity index (χ1) is 9.58. The van der Waals surface area contributed by atoms with Crippen LogP contribution >= 0.6 is 0 Å². The molecule has 3 N–H and O–H groups in total. The van der Waals surface area contributed by atoms with Crippen molar-refractivity contribution in [2.45, 2.75) is 20.4 Å². The second kappa shape index (κ2) is 6.18. The van der Waals surface area contributed by atoms with Gasteiger partial charge in [-0.1, -0.05) is 13.8 Å². The third-order valence-corrected chi connectivity index (χ3v) is 2.86. The molecule has 6 heteroatoms. The maximum absolute atomic E-state index is 11.9. The third kappa shape index (κ3) is 3.34. The largest absolute Gasteiger partial charge is 0.398 e. The number of nitrogens with one attached hydrogen (secondary N) is 1. The lowest BCUT2D eigenvalue weighted by Gasteiger charge is -2.11. The van der Waals surface area contributed by atoms with Gasteiger partial charge in [-0.15, -0.1) is 0 Å². The summed E-state index contributed by atoms with van der Waals surface area (Å²) in [6, 6.07) is 1.73. The van der Waals surface area contributed by atoms with Crippen LogP contribution in [0.4, 0.5) is 5.69 Å². The van der Waals surface area contributed by atoms with Gasteiger partial charge in [0.05, 0.1) is 18.2 Å². The van der Waals surface area contributed by atoms with Gasteiger partial charge >= 0.3 is 0 Å². The van der Waals surface area contributed by atoms with Gasteiger partial charge in [-0.2, -0.15) is 0 Å². The second-order valence-corrected chi connectivity index (χ2v) is 5.07. The number of carbonyl (C=O) groups is 1. The maximum Gasteiger partial charge on any atom is 0.240 e. The number of pyridine rings is 1. The molecule has 106 valence electrons. The van der Waals surface area contributed by atoms with E-state index in [9.17, 15) is 4.79 Å². The molecule has 0 bridgehead atoms. The van der Waals surface area contributed by atoms with Gasteiger partial charge in [0.15, 0.2) is 0 Å². The summed E-state index contributed by atoms with van der Waals surface area (Å²) in [7, 11) is 0. The summed E-state index contributed by atoms with van der Waals surface area (Å²) in [5.74, 6) is 0.385. The first kappa shape index (κ1) is 14.0. The van der Waals surface area contributed by atoms with Crippen molar-refractivity contribution in [2.24, 2.45) is 5.92 Å². The van der Waals surface area contributed by atoms with E-state index in [0.29, 0.717) is 18.2 Å². The summed E-state index contributed by atoms with van der Waals surface area (Å²) in [5, 5.41) is 2.88. The van der Waals surface area contributed by atoms with Crippen LogP contribution in [-0.4, -0.2) is 27.0 Å². The molecular formula is C14H19N5O. The lowest BCUT2D eigenvalue weighted by Crippen LogP contribution is -2.30. The lowest BCUT2D eigenvalue weighted by atomic mass is 10.2. The van der Waals surface area contributed by atoms with Crippen molar-refractivity contribution in [3.8, 4) is 11.3 Å². The Kier molecular flexibility index (Phi) is 4.34. The van der Waals surface area contributed by atoms with Crippen molar-refractivity contribution in [1.29, 1.82) is 0 Å². The molecule has 2 heterocycles. The molecule has 0 saturated heterocycles. The van der Waals surface area contributed by atoms with Crippen molar-refractivity contribution in [3.05, 3.63) is 31.0 Å². The third-order valence-electron chi connectivity index (χ3n) is 2.86. The number of imidazole rings is 1. The molecule has 2 aromatic heterocycles. The Bertz CT molecular complexity index is 591. The van der Waals surface area contributed by atoms with Gasteiger partial charge in [-0.3, -0.25) is 9.78 Å². The van der Waals surface area contributed by atoms with Crippen LogP contribution in [0.3, 0.4) is 0 Å². The van der Waals surface area contributed by atoms with Crippen LogP contribution in [0, 0.1) is 5.92 Å². The Morgan fingerprint density at radius 1 is 1.40 bits per heavy atom. The Labute approximate surface area is 118 Å². The van der Waals surface area contributed by atoms with Gasteiger partial charge < -0.3 is 15.6 Å². The topological polar surface area (TPSA) is 85.8 Å². The van der Waals surface area contributed by atoms with Crippen LogP contribution < -0.4 is 11.1 Å². The van der Waals surface area contributed by atoms with E-state index in [2.05, 4.69) is 29.1 Å². The van der Waals surface area contributed by atoms with Crippen molar-refractivity contribution < 1.29 is 4.79 Å². The van der Waals surface area contributed by atoms with Crippen LogP contribution in [0.2, 0.25) is 0 Å². The first-order valence-corrected chi connectivity index (χ1v) is 6.54. The van der Waals surface area contributed by atoms with E-state index < -0.39 is 0 Å². The average molecular weight is 273 g/mol. The van der Waals surface area contributed by atoms with Crippen LogP contribution in [0.25, 0.3) is 11.3 Å². The van der Waals surface area contributed by atoms with Crippen molar-refractivity contribution in [3.63, 3.8) is 0 Å². The van der Waals surface area contributed by atoms with Gasteiger partial charge in [0.2, 0.25) is 5.91 Å². The van der Waals surface area contributed by atoms with Crippen molar-refractivity contribution >= 4 is 11.6 Å². The van der Waals surface area contributed by atoms with Crippen molar-refractivity contribution in [1.82, 2.24) is 19.9 Å². The minimum absolute atomic E-state index is 0.0413. The summed E-state index contributed by atoms with van der Waals surface area (Å²) in [5.41, 5.74) is 8.11. The Balaban J connectivity index is 2.13. The number of rotatable bonds is 5. The predicted molar refractivity (Wildman–Crippen MR) is 77.7 cm³/mol. The van der Waals surface area contributed by atoms with E-state index in [4.69, 9.17) is 5.73 Å². The molecule has 0 aromatic carbocycles. The molecular weight excluding hydrogens is 254 g/mol. The molecule has 1 amide bonds. The number of hydrogen-bond donors (Lipinski definition) is 2. The molecule has 6 nitrogen and oxygen atoms in total. The highest BCUT2D eigenvalue weighted by molar-refractivity contribution is 5.78. The number of nitrogens with zero attached hydrogens (tertiary/aromatic N) is 3. The minimum Gasteiger partial charge on any atom is -0.398 e. The first-order valence-electron chi connectivity index (χ1n) is 6.54. The smallest absolute Gasteiger partial charge is 0.240 e. The van der Waals surface area contributed by atoms with E-state index in [1.807, 2.05) is 0 Å². The number of carbonyl (C=O) groups excluding carboxylic acids is 1. The fourth-order valence-electron chi connectivity index (χ4n) is 1.82. The highest BCUT2D eigenvalue weighted by Gasteiger charge is 2.11. The SMILES string of the molecule is CC(C)CNC(=O)Cn1cncc1-c1cnccc1N. The minimum atomic E-state index is -0.0413. The number of anilines is 1. The normalized spacial score (nSPS) is 10.8. The van der Waals surface area contributed by atoms with Crippen LogP contribution in [0.5, 0.6) is 0 Å². The quantitative estimate of drug-likeness (QED) is 0.859. The van der Waals surface area contributed by atoms with E-state index in [-0.39, 0.29) is 12.5 Å². The Morgan fingerprint density at radius 3 is 2.90 bits per heavy atom. The monoisotopic (exact) mass is 273 g/mol. The number of aromatic nitrogens is 3. The zero-order valence-electron chi connectivity index (χ0n) is 11.7. The van der Waals surface area contributed by atoms with E-state index in [0.717, 1.165) is 11.3 Å². The fraction of sp³-hybridized carbons (Fsp3) is 0.357. The fourth-order valence-corrected chi connectivity index (χ4v) is 1.82. The summed E-state index contributed by atoms with van der Waals surface area (Å²) < 4.78 is 1.77. The maximum atomic E-state index is 11.9. The molecule has 0 aliphatic heterocycles. The molecule has 2 aromatic rings. The van der Waals surface area contributed by atoms with Gasteiger partial charge in [0, 0.05) is 30.2 Å². The lowest BCUT2D eigenvalue weighted by molar-refractivity contribution is -0.121. The summed E-state index contributed by atoms with van der Waals surface area (Å²) in [4.78, 5) is 20.0. The van der Waals surface area contributed by atoms with Crippen LogP contribution in [-0.2, 0) is 11.3 Å². The molecule has 0 saturated carbocycles. The molecule has 2 rings (SSSR count). The highest BCUT2D eigenvalue weighted by Crippen LogP contribution is 2.23. The molecule has 20 heavy (non-hydrogen) atoms. The molecule has 0 atom stereocenters.